The molecule has 0 radical (unpaired) electrons. The smallest absolute Gasteiger partial charge is 0.228 e. The molecule has 3 amide bonds. The zero-order valence-electron chi connectivity index (χ0n) is 14.5. The molecule has 134 valence electrons. The first-order chi connectivity index (χ1) is 12.0. The lowest BCUT2D eigenvalue weighted by atomic mass is 9.95. The highest BCUT2D eigenvalue weighted by Gasteiger charge is 2.48. The first-order valence-corrected chi connectivity index (χ1v) is 9.02. The maximum atomic E-state index is 12.3. The van der Waals surface area contributed by atoms with Gasteiger partial charge in [0.2, 0.25) is 17.7 Å². The number of carbonyl (C=O) groups excluding carboxylic acids is 3. The molecular formula is C19H25N3O3. The lowest BCUT2D eigenvalue weighted by molar-refractivity contribution is -0.126. The second-order valence-electron chi connectivity index (χ2n) is 7.04. The van der Waals surface area contributed by atoms with Gasteiger partial charge in [-0.3, -0.25) is 14.4 Å². The first kappa shape index (κ1) is 17.5. The van der Waals surface area contributed by atoms with Crippen LogP contribution in [0.2, 0.25) is 0 Å². The summed E-state index contributed by atoms with van der Waals surface area (Å²) in [7, 11) is 0. The molecule has 6 heteroatoms. The van der Waals surface area contributed by atoms with Crippen molar-refractivity contribution in [1.82, 2.24) is 5.32 Å². The fraction of sp³-hybridized carbons (Fsp3) is 0.526. The molecule has 0 spiro atoms. The fourth-order valence-corrected chi connectivity index (χ4v) is 3.44. The van der Waals surface area contributed by atoms with Crippen LogP contribution in [0.3, 0.4) is 0 Å². The van der Waals surface area contributed by atoms with E-state index in [-0.39, 0.29) is 35.6 Å². The molecule has 0 saturated heterocycles. The van der Waals surface area contributed by atoms with E-state index in [9.17, 15) is 14.4 Å². The summed E-state index contributed by atoms with van der Waals surface area (Å²) in [4.78, 5) is 35.7. The van der Waals surface area contributed by atoms with Crippen molar-refractivity contribution < 1.29 is 14.4 Å². The molecule has 3 rings (SSSR count). The first-order valence-electron chi connectivity index (χ1n) is 9.02. The third kappa shape index (κ3) is 4.81. The fourth-order valence-electron chi connectivity index (χ4n) is 3.44. The van der Waals surface area contributed by atoms with Gasteiger partial charge < -0.3 is 16.0 Å². The van der Waals surface area contributed by atoms with Gasteiger partial charge in [0.15, 0.2) is 0 Å². The van der Waals surface area contributed by atoms with Crippen LogP contribution in [0.4, 0.5) is 11.4 Å². The normalized spacial score (nSPS) is 22.8. The van der Waals surface area contributed by atoms with Gasteiger partial charge in [0.25, 0.3) is 0 Å². The molecular weight excluding hydrogens is 318 g/mol. The minimum atomic E-state index is -0.256. The van der Waals surface area contributed by atoms with Crippen molar-refractivity contribution in [2.75, 3.05) is 10.6 Å². The molecule has 3 N–H and O–H groups in total. The summed E-state index contributed by atoms with van der Waals surface area (Å²) >= 11 is 0. The third-order valence-corrected chi connectivity index (χ3v) is 4.87. The predicted octanol–water partition coefficient (Wildman–Crippen LogP) is 2.67. The molecule has 0 aliphatic heterocycles. The average molecular weight is 343 g/mol. The van der Waals surface area contributed by atoms with Crippen LogP contribution in [0.5, 0.6) is 0 Å². The molecule has 25 heavy (non-hydrogen) atoms. The van der Waals surface area contributed by atoms with Gasteiger partial charge >= 0.3 is 0 Å². The van der Waals surface area contributed by atoms with Crippen LogP contribution in [0.1, 0.15) is 45.4 Å². The highest BCUT2D eigenvalue weighted by molar-refractivity contribution is 6.00. The summed E-state index contributed by atoms with van der Waals surface area (Å²) in [6, 6.07) is 7.27. The molecule has 2 fully saturated rings. The highest BCUT2D eigenvalue weighted by Crippen LogP contribution is 2.40. The topological polar surface area (TPSA) is 87.3 Å². The Hall–Kier alpha value is -2.37. The Labute approximate surface area is 147 Å². The van der Waals surface area contributed by atoms with Crippen molar-refractivity contribution in [3.05, 3.63) is 24.3 Å². The second-order valence-corrected chi connectivity index (χ2v) is 7.04. The van der Waals surface area contributed by atoms with Gasteiger partial charge in [0, 0.05) is 24.3 Å². The van der Waals surface area contributed by atoms with Crippen molar-refractivity contribution in [2.24, 2.45) is 11.8 Å². The van der Waals surface area contributed by atoms with Crippen LogP contribution in [-0.4, -0.2) is 23.8 Å². The Morgan fingerprint density at radius 2 is 1.56 bits per heavy atom. The number of benzene rings is 1. The second kappa shape index (κ2) is 7.68. The van der Waals surface area contributed by atoms with Gasteiger partial charge in [-0.1, -0.05) is 25.3 Å². The highest BCUT2D eigenvalue weighted by atomic mass is 16.2. The van der Waals surface area contributed by atoms with E-state index in [1.165, 1.54) is 26.2 Å². The molecule has 0 bridgehead atoms. The van der Waals surface area contributed by atoms with E-state index >= 15 is 0 Å². The minimum absolute atomic E-state index is 0.0130. The quantitative estimate of drug-likeness (QED) is 0.768. The molecule has 2 unspecified atom stereocenters. The molecule has 0 aromatic heterocycles. The Balaban J connectivity index is 1.49. The summed E-state index contributed by atoms with van der Waals surface area (Å²) in [6.07, 6.45) is 6.29. The van der Waals surface area contributed by atoms with E-state index in [0.29, 0.717) is 17.8 Å². The summed E-state index contributed by atoms with van der Waals surface area (Å²) in [5.74, 6) is -0.749. The average Bonchev–Trinajstić information content (AvgIpc) is 3.36. The van der Waals surface area contributed by atoms with Crippen LogP contribution in [0, 0.1) is 11.8 Å². The lowest BCUT2D eigenvalue weighted by Gasteiger charge is -2.22. The lowest BCUT2D eigenvalue weighted by Crippen LogP contribution is -2.37. The number of amides is 3. The predicted molar refractivity (Wildman–Crippen MR) is 96.0 cm³/mol. The van der Waals surface area contributed by atoms with Crippen molar-refractivity contribution in [2.45, 2.75) is 51.5 Å². The van der Waals surface area contributed by atoms with E-state index in [1.807, 2.05) is 0 Å². The standard InChI is InChI=1S/C19H25N3O3/c1-12(23)20-14-8-5-9-15(10-14)22-19(25)17-11-16(17)18(24)21-13-6-3-2-4-7-13/h5,8-10,13,16-17H,2-4,6-7,11H2,1H3,(H,20,23)(H,21,24)(H,22,25). The number of hydrogen-bond acceptors (Lipinski definition) is 3. The summed E-state index contributed by atoms with van der Waals surface area (Å²) < 4.78 is 0. The van der Waals surface area contributed by atoms with E-state index in [4.69, 9.17) is 0 Å². The Morgan fingerprint density at radius 1 is 0.920 bits per heavy atom. The molecule has 2 aliphatic carbocycles. The van der Waals surface area contributed by atoms with Crippen LogP contribution >= 0.6 is 0 Å². The van der Waals surface area contributed by atoms with Crippen molar-refractivity contribution in [3.8, 4) is 0 Å². The molecule has 6 nitrogen and oxygen atoms in total. The maximum Gasteiger partial charge on any atom is 0.228 e. The SMILES string of the molecule is CC(=O)Nc1cccc(NC(=O)C2CC2C(=O)NC2CCCCC2)c1. The maximum absolute atomic E-state index is 12.3. The molecule has 2 saturated carbocycles. The van der Waals surface area contributed by atoms with Crippen LogP contribution in [-0.2, 0) is 14.4 Å². The van der Waals surface area contributed by atoms with Gasteiger partial charge in [-0.25, -0.2) is 0 Å². The zero-order valence-corrected chi connectivity index (χ0v) is 14.5. The van der Waals surface area contributed by atoms with Gasteiger partial charge in [0.1, 0.15) is 0 Å². The van der Waals surface area contributed by atoms with E-state index in [1.54, 1.807) is 24.3 Å². The van der Waals surface area contributed by atoms with Crippen LogP contribution < -0.4 is 16.0 Å². The Bertz CT molecular complexity index is 668. The van der Waals surface area contributed by atoms with Crippen LogP contribution in [0.25, 0.3) is 0 Å². The number of rotatable bonds is 5. The largest absolute Gasteiger partial charge is 0.353 e. The number of anilines is 2. The van der Waals surface area contributed by atoms with E-state index in [2.05, 4.69) is 16.0 Å². The van der Waals surface area contributed by atoms with Gasteiger partial charge in [-0.15, -0.1) is 0 Å². The van der Waals surface area contributed by atoms with Crippen LogP contribution in [0.15, 0.2) is 24.3 Å². The summed E-state index contributed by atoms with van der Waals surface area (Å²) in [5, 5.41) is 8.61. The monoisotopic (exact) mass is 343 g/mol. The molecule has 1 aromatic carbocycles. The number of carbonyl (C=O) groups is 3. The van der Waals surface area contributed by atoms with Crippen molar-refractivity contribution in [1.29, 1.82) is 0 Å². The molecule has 1 aromatic rings. The molecule has 0 heterocycles. The molecule has 2 aliphatic rings. The van der Waals surface area contributed by atoms with Gasteiger partial charge in [-0.2, -0.15) is 0 Å². The Morgan fingerprint density at radius 3 is 2.24 bits per heavy atom. The van der Waals surface area contributed by atoms with E-state index in [0.717, 1.165) is 12.8 Å². The van der Waals surface area contributed by atoms with Crippen molar-refractivity contribution >= 4 is 29.1 Å². The minimum Gasteiger partial charge on any atom is -0.353 e. The van der Waals surface area contributed by atoms with Gasteiger partial charge in [0.05, 0.1) is 11.8 Å². The summed E-state index contributed by atoms with van der Waals surface area (Å²) in [6.45, 7) is 1.44. The Kier molecular flexibility index (Phi) is 5.36. The zero-order chi connectivity index (χ0) is 17.8. The third-order valence-electron chi connectivity index (χ3n) is 4.87. The number of hydrogen-bond donors (Lipinski definition) is 3. The summed E-state index contributed by atoms with van der Waals surface area (Å²) in [5.41, 5.74) is 1.25. The van der Waals surface area contributed by atoms with E-state index < -0.39 is 0 Å². The number of nitrogens with one attached hydrogen (secondary N) is 3. The van der Waals surface area contributed by atoms with Crippen molar-refractivity contribution in [3.63, 3.8) is 0 Å². The van der Waals surface area contributed by atoms with Gasteiger partial charge in [-0.05, 0) is 37.5 Å². The molecule has 2 atom stereocenters.